The molecule has 9 heteroatoms. The third-order valence-corrected chi connectivity index (χ3v) is 1.81. The first-order valence-corrected chi connectivity index (χ1v) is 3.71. The smallest absolute Gasteiger partial charge is 0.417 e. The molecule has 84 valence electrons. The molecule has 0 amide bonds. The number of hydrogen-bond donors (Lipinski definition) is 3. The average Bonchev–Trinajstić information content (AvgIpc) is 2.54. The Labute approximate surface area is 81.3 Å². The number of nitrogens with one attached hydrogen (secondary N) is 1. The van der Waals surface area contributed by atoms with Crippen molar-refractivity contribution in [1.82, 2.24) is 15.4 Å². The zero-order valence-electron chi connectivity index (χ0n) is 7.25. The highest BCUT2D eigenvalue weighted by Gasteiger charge is 2.58. The lowest BCUT2D eigenvalue weighted by atomic mass is 9.94. The van der Waals surface area contributed by atoms with Crippen LogP contribution >= 0.6 is 0 Å². The number of carboxylic acid groups (broad SMARTS) is 1. The average molecular weight is 224 g/mol. The molecule has 6 nitrogen and oxygen atoms in total. The molecule has 0 spiro atoms. The van der Waals surface area contributed by atoms with Crippen molar-refractivity contribution in [1.29, 1.82) is 0 Å². The molecule has 0 aliphatic heterocycles. The van der Waals surface area contributed by atoms with Crippen LogP contribution in [0, 0.1) is 0 Å². The van der Waals surface area contributed by atoms with Crippen molar-refractivity contribution >= 4 is 5.97 Å². The van der Waals surface area contributed by atoms with Gasteiger partial charge in [0.25, 0.3) is 0 Å². The van der Waals surface area contributed by atoms with Crippen LogP contribution in [-0.4, -0.2) is 38.2 Å². The number of alkyl halides is 3. The predicted molar refractivity (Wildman–Crippen MR) is 40.7 cm³/mol. The van der Waals surface area contributed by atoms with Crippen LogP contribution in [0.2, 0.25) is 0 Å². The topological polar surface area (TPSA) is 105 Å². The number of hydrogen-bond acceptors (Lipinski definition) is 4. The maximum absolute atomic E-state index is 12.4. The number of rotatable bonds is 3. The molecule has 0 aliphatic carbocycles. The Balaban J connectivity index is 2.99. The van der Waals surface area contributed by atoms with Crippen molar-refractivity contribution in [3.8, 4) is 0 Å². The third kappa shape index (κ3) is 2.06. The summed E-state index contributed by atoms with van der Waals surface area (Å²) in [4.78, 5) is 10.5. The highest BCUT2D eigenvalue weighted by Crippen LogP contribution is 2.31. The fraction of sp³-hybridized carbons (Fsp3) is 0.500. The van der Waals surface area contributed by atoms with E-state index < -0.39 is 24.1 Å². The number of nitrogens with two attached hydrogens (primary N) is 1. The van der Waals surface area contributed by atoms with Gasteiger partial charge < -0.3 is 10.8 Å². The number of carboxylic acids is 1. The second kappa shape index (κ2) is 3.50. The Morgan fingerprint density at radius 3 is 2.53 bits per heavy atom. The Hall–Kier alpha value is -1.64. The standard InChI is InChI=1S/C6H7F3N4O2/c7-6(8,9)5(10,4(14)15)1-3-2-11-13-12-3/h2H,1,10H2,(H,14,15)(H,11,12,13). The number of aliphatic carboxylic acids is 1. The second-order valence-electron chi connectivity index (χ2n) is 2.91. The van der Waals surface area contributed by atoms with Gasteiger partial charge in [0, 0.05) is 6.42 Å². The summed E-state index contributed by atoms with van der Waals surface area (Å²) in [5.74, 6) is -2.15. The Bertz CT molecular complexity index is 350. The van der Waals surface area contributed by atoms with Gasteiger partial charge in [-0.3, -0.25) is 0 Å². The number of halogens is 3. The normalized spacial score (nSPS) is 16.0. The fourth-order valence-corrected chi connectivity index (χ4v) is 0.893. The van der Waals surface area contributed by atoms with Crippen LogP contribution in [0.4, 0.5) is 13.2 Å². The quantitative estimate of drug-likeness (QED) is 0.653. The van der Waals surface area contributed by atoms with Gasteiger partial charge in [-0.1, -0.05) is 0 Å². The van der Waals surface area contributed by atoms with Crippen LogP contribution < -0.4 is 5.73 Å². The maximum Gasteiger partial charge on any atom is 0.417 e. The van der Waals surface area contributed by atoms with Gasteiger partial charge >= 0.3 is 12.1 Å². The zero-order valence-corrected chi connectivity index (χ0v) is 7.25. The molecular formula is C6H7F3N4O2. The van der Waals surface area contributed by atoms with Crippen molar-refractivity contribution in [2.45, 2.75) is 18.1 Å². The van der Waals surface area contributed by atoms with E-state index in [0.29, 0.717) is 0 Å². The summed E-state index contributed by atoms with van der Waals surface area (Å²) in [6.07, 6.45) is -5.05. The Kier molecular flexibility index (Phi) is 2.67. The molecule has 0 aliphatic rings. The maximum atomic E-state index is 12.4. The van der Waals surface area contributed by atoms with Crippen molar-refractivity contribution in [2.75, 3.05) is 0 Å². The van der Waals surface area contributed by atoms with Gasteiger partial charge in [0.05, 0.1) is 11.9 Å². The summed E-state index contributed by atoms with van der Waals surface area (Å²) in [5, 5.41) is 17.1. The highest BCUT2D eigenvalue weighted by atomic mass is 19.4. The van der Waals surface area contributed by atoms with E-state index in [1.807, 2.05) is 5.21 Å². The van der Waals surface area contributed by atoms with E-state index in [1.165, 1.54) is 0 Å². The van der Waals surface area contributed by atoms with Crippen LogP contribution in [0.3, 0.4) is 0 Å². The molecule has 0 saturated carbocycles. The van der Waals surface area contributed by atoms with Gasteiger partial charge in [-0.25, -0.2) is 4.79 Å². The predicted octanol–water partition coefficient (Wildman–Crippen LogP) is -0.308. The highest BCUT2D eigenvalue weighted by molar-refractivity contribution is 5.80. The minimum atomic E-state index is -5.06. The first-order valence-electron chi connectivity index (χ1n) is 3.71. The number of H-pyrrole nitrogens is 1. The van der Waals surface area contributed by atoms with Crippen molar-refractivity contribution in [2.24, 2.45) is 5.73 Å². The van der Waals surface area contributed by atoms with Crippen molar-refractivity contribution < 1.29 is 23.1 Å². The Morgan fingerprint density at radius 2 is 2.20 bits per heavy atom. The van der Waals surface area contributed by atoms with E-state index in [1.54, 1.807) is 0 Å². The minimum Gasteiger partial charge on any atom is -0.480 e. The second-order valence-corrected chi connectivity index (χ2v) is 2.91. The number of aromatic nitrogens is 3. The summed E-state index contributed by atoms with van der Waals surface area (Å²) in [5.41, 5.74) is 1.29. The summed E-state index contributed by atoms with van der Waals surface area (Å²) in [7, 11) is 0. The molecule has 0 saturated heterocycles. The van der Waals surface area contributed by atoms with Crippen LogP contribution in [0.5, 0.6) is 0 Å². The fourth-order valence-electron chi connectivity index (χ4n) is 0.893. The van der Waals surface area contributed by atoms with Gasteiger partial charge in [-0.2, -0.15) is 28.6 Å². The first kappa shape index (κ1) is 11.4. The van der Waals surface area contributed by atoms with Crippen LogP contribution in [0.15, 0.2) is 6.20 Å². The Morgan fingerprint density at radius 1 is 1.60 bits per heavy atom. The number of carbonyl (C=O) groups is 1. The molecule has 0 fully saturated rings. The van der Waals surface area contributed by atoms with E-state index in [9.17, 15) is 18.0 Å². The van der Waals surface area contributed by atoms with E-state index in [2.05, 4.69) is 10.2 Å². The van der Waals surface area contributed by atoms with Gasteiger partial charge in [0.1, 0.15) is 0 Å². The molecule has 0 radical (unpaired) electrons. The van der Waals surface area contributed by atoms with Crippen LogP contribution in [0.25, 0.3) is 0 Å². The largest absolute Gasteiger partial charge is 0.480 e. The molecule has 15 heavy (non-hydrogen) atoms. The number of nitrogens with zero attached hydrogens (tertiary/aromatic N) is 2. The summed E-state index contributed by atoms with van der Waals surface area (Å²) < 4.78 is 37.1. The zero-order chi connectivity index (χ0) is 11.7. The van der Waals surface area contributed by atoms with Gasteiger partial charge in [0.2, 0.25) is 5.54 Å². The van der Waals surface area contributed by atoms with E-state index >= 15 is 0 Å². The van der Waals surface area contributed by atoms with Gasteiger partial charge in [0.15, 0.2) is 0 Å². The summed E-state index contributed by atoms with van der Waals surface area (Å²) >= 11 is 0. The molecule has 0 bridgehead atoms. The lowest BCUT2D eigenvalue weighted by Crippen LogP contribution is -2.61. The van der Waals surface area contributed by atoms with Crippen molar-refractivity contribution in [3.05, 3.63) is 11.9 Å². The van der Waals surface area contributed by atoms with Gasteiger partial charge in [-0.05, 0) is 0 Å². The molecule has 1 atom stereocenters. The lowest BCUT2D eigenvalue weighted by molar-refractivity contribution is -0.201. The molecule has 1 heterocycles. The molecule has 0 aromatic carbocycles. The molecule has 1 unspecified atom stereocenters. The first-order chi connectivity index (χ1) is 6.77. The van der Waals surface area contributed by atoms with E-state index in [4.69, 9.17) is 10.8 Å². The molecule has 4 N–H and O–H groups in total. The number of aromatic amines is 1. The van der Waals surface area contributed by atoms with E-state index in [0.717, 1.165) is 6.20 Å². The monoisotopic (exact) mass is 224 g/mol. The molecule has 1 rings (SSSR count). The molecular weight excluding hydrogens is 217 g/mol. The third-order valence-electron chi connectivity index (χ3n) is 1.81. The van der Waals surface area contributed by atoms with Crippen LogP contribution in [-0.2, 0) is 11.2 Å². The molecule has 1 aromatic rings. The summed E-state index contributed by atoms with van der Waals surface area (Å²) in [6.45, 7) is 0. The molecule has 1 aromatic heterocycles. The lowest BCUT2D eigenvalue weighted by Gasteiger charge is -2.26. The SMILES string of the molecule is NC(Cc1cn[nH]n1)(C(=O)O)C(F)(F)F. The van der Waals surface area contributed by atoms with Crippen molar-refractivity contribution in [3.63, 3.8) is 0 Å². The summed E-state index contributed by atoms with van der Waals surface area (Å²) in [6, 6.07) is 0. The van der Waals surface area contributed by atoms with E-state index in [-0.39, 0.29) is 5.69 Å². The minimum absolute atomic E-state index is 0.169. The van der Waals surface area contributed by atoms with Gasteiger partial charge in [-0.15, -0.1) is 0 Å². The van der Waals surface area contributed by atoms with Crippen LogP contribution in [0.1, 0.15) is 5.69 Å².